The molecule has 1 aliphatic heterocycles. The molecule has 1 amide bonds. The average molecular weight is 350 g/mol. The third-order valence-electron chi connectivity index (χ3n) is 4.07. The van der Waals surface area contributed by atoms with Crippen molar-refractivity contribution in [2.75, 3.05) is 19.6 Å². The number of carbonyl (C=O) groups is 1. The number of fused-ring (bicyclic) bond motifs is 1. The zero-order valence-electron chi connectivity index (χ0n) is 14.4. The van der Waals surface area contributed by atoms with Gasteiger partial charge in [-0.2, -0.15) is 0 Å². The summed E-state index contributed by atoms with van der Waals surface area (Å²) in [6.45, 7) is 7.88. The highest BCUT2D eigenvalue weighted by Gasteiger charge is 2.30. The number of piperazine rings is 1. The lowest BCUT2D eigenvalue weighted by Crippen LogP contribution is -2.55. The van der Waals surface area contributed by atoms with Gasteiger partial charge in [-0.1, -0.05) is 11.6 Å². The van der Waals surface area contributed by atoms with E-state index in [2.05, 4.69) is 16.4 Å². The van der Waals surface area contributed by atoms with Gasteiger partial charge in [0, 0.05) is 47.7 Å². The molecular weight excluding hydrogens is 326 g/mol. The van der Waals surface area contributed by atoms with Crippen LogP contribution in [-0.2, 0) is 11.2 Å². The second-order valence-corrected chi connectivity index (χ2v) is 7.70. The summed E-state index contributed by atoms with van der Waals surface area (Å²) < 4.78 is 5.55. The zero-order valence-corrected chi connectivity index (χ0v) is 15.1. The number of aromatic amines is 1. The second-order valence-electron chi connectivity index (χ2n) is 7.26. The molecule has 1 fully saturated rings. The van der Waals surface area contributed by atoms with E-state index in [-0.39, 0.29) is 12.1 Å². The maximum atomic E-state index is 12.5. The summed E-state index contributed by atoms with van der Waals surface area (Å²) >= 11 is 6.05. The molecule has 1 saturated heterocycles. The molecule has 2 N–H and O–H groups in total. The van der Waals surface area contributed by atoms with Gasteiger partial charge in [0.25, 0.3) is 0 Å². The fourth-order valence-corrected chi connectivity index (χ4v) is 3.21. The van der Waals surface area contributed by atoms with Crippen molar-refractivity contribution in [2.24, 2.45) is 0 Å². The van der Waals surface area contributed by atoms with E-state index in [4.69, 9.17) is 16.3 Å². The monoisotopic (exact) mass is 349 g/mol. The summed E-state index contributed by atoms with van der Waals surface area (Å²) in [5, 5.41) is 5.17. The van der Waals surface area contributed by atoms with E-state index in [0.717, 1.165) is 41.1 Å². The van der Waals surface area contributed by atoms with Crippen LogP contribution in [-0.4, -0.2) is 47.3 Å². The first-order valence-corrected chi connectivity index (χ1v) is 8.67. The van der Waals surface area contributed by atoms with Gasteiger partial charge in [0.1, 0.15) is 5.60 Å². The van der Waals surface area contributed by atoms with Crippen LogP contribution in [0.3, 0.4) is 0 Å². The molecule has 2 aromatic rings. The van der Waals surface area contributed by atoms with E-state index in [1.165, 1.54) is 0 Å². The number of aromatic nitrogens is 1. The molecule has 1 aromatic carbocycles. The number of carbonyl (C=O) groups excluding carboxylic acids is 1. The molecule has 0 aliphatic carbocycles. The van der Waals surface area contributed by atoms with Gasteiger partial charge in [-0.15, -0.1) is 0 Å². The molecule has 1 aliphatic rings. The molecule has 3 rings (SSSR count). The number of rotatable bonds is 2. The van der Waals surface area contributed by atoms with Crippen LogP contribution in [0.2, 0.25) is 5.02 Å². The zero-order chi connectivity index (χ0) is 17.3. The molecular formula is C18H24ClN3O2. The van der Waals surface area contributed by atoms with Crippen molar-refractivity contribution in [1.29, 1.82) is 0 Å². The minimum atomic E-state index is -0.482. The van der Waals surface area contributed by atoms with Gasteiger partial charge >= 0.3 is 6.09 Å². The van der Waals surface area contributed by atoms with Crippen LogP contribution < -0.4 is 5.32 Å². The molecule has 1 unspecified atom stereocenters. The molecule has 24 heavy (non-hydrogen) atoms. The van der Waals surface area contributed by atoms with E-state index < -0.39 is 5.60 Å². The van der Waals surface area contributed by atoms with Gasteiger partial charge < -0.3 is 19.9 Å². The predicted molar refractivity (Wildman–Crippen MR) is 96.6 cm³/mol. The summed E-state index contributed by atoms with van der Waals surface area (Å²) in [4.78, 5) is 17.7. The van der Waals surface area contributed by atoms with Crippen molar-refractivity contribution < 1.29 is 9.53 Å². The normalized spacial score (nSPS) is 18.8. The molecule has 0 saturated carbocycles. The van der Waals surface area contributed by atoms with Gasteiger partial charge in [0.05, 0.1) is 6.04 Å². The first-order chi connectivity index (χ1) is 11.3. The van der Waals surface area contributed by atoms with E-state index in [0.29, 0.717) is 6.54 Å². The number of halogens is 1. The number of hydrogen-bond donors (Lipinski definition) is 2. The van der Waals surface area contributed by atoms with Crippen LogP contribution in [0.15, 0.2) is 24.3 Å². The maximum Gasteiger partial charge on any atom is 0.410 e. The Bertz CT molecular complexity index is 735. The lowest BCUT2D eigenvalue weighted by molar-refractivity contribution is 0.0121. The lowest BCUT2D eigenvalue weighted by Gasteiger charge is -2.37. The third-order valence-corrected chi connectivity index (χ3v) is 4.31. The Labute approximate surface area is 147 Å². The molecule has 2 heterocycles. The fraction of sp³-hybridized carbons (Fsp3) is 0.500. The smallest absolute Gasteiger partial charge is 0.410 e. The van der Waals surface area contributed by atoms with Crippen LogP contribution >= 0.6 is 11.6 Å². The van der Waals surface area contributed by atoms with Gasteiger partial charge in [0.2, 0.25) is 0 Å². The van der Waals surface area contributed by atoms with E-state index in [9.17, 15) is 4.79 Å². The highest BCUT2D eigenvalue weighted by atomic mass is 35.5. The molecule has 6 heteroatoms. The minimum absolute atomic E-state index is 0.0668. The molecule has 0 radical (unpaired) electrons. The summed E-state index contributed by atoms with van der Waals surface area (Å²) in [5.74, 6) is 0. The summed E-state index contributed by atoms with van der Waals surface area (Å²) in [5.41, 5.74) is 1.67. The largest absolute Gasteiger partial charge is 0.444 e. The Kier molecular flexibility index (Phi) is 4.74. The molecule has 0 bridgehead atoms. The van der Waals surface area contributed by atoms with Crippen LogP contribution in [0.1, 0.15) is 26.5 Å². The van der Waals surface area contributed by atoms with Crippen molar-refractivity contribution in [3.8, 4) is 0 Å². The van der Waals surface area contributed by atoms with Crippen molar-refractivity contribution >= 4 is 28.6 Å². The van der Waals surface area contributed by atoms with Crippen LogP contribution in [0.4, 0.5) is 4.79 Å². The van der Waals surface area contributed by atoms with E-state index in [1.54, 1.807) is 0 Å². The number of ether oxygens (including phenoxy) is 1. The molecule has 1 aromatic heterocycles. The van der Waals surface area contributed by atoms with E-state index >= 15 is 0 Å². The fourth-order valence-electron chi connectivity index (χ4n) is 3.03. The van der Waals surface area contributed by atoms with E-state index in [1.807, 2.05) is 43.9 Å². The molecule has 1 atom stereocenters. The number of nitrogens with zero attached hydrogens (tertiary/aromatic N) is 1. The van der Waals surface area contributed by atoms with Crippen molar-refractivity contribution in [1.82, 2.24) is 15.2 Å². The number of nitrogens with one attached hydrogen (secondary N) is 2. The minimum Gasteiger partial charge on any atom is -0.444 e. The highest BCUT2D eigenvalue weighted by Crippen LogP contribution is 2.22. The number of H-pyrrole nitrogens is 1. The predicted octanol–water partition coefficient (Wildman–Crippen LogP) is 3.57. The van der Waals surface area contributed by atoms with Crippen molar-refractivity contribution in [3.05, 3.63) is 35.0 Å². The van der Waals surface area contributed by atoms with Gasteiger partial charge in [-0.05, 0) is 45.0 Å². The van der Waals surface area contributed by atoms with Crippen LogP contribution in [0.5, 0.6) is 0 Å². The van der Waals surface area contributed by atoms with Gasteiger partial charge in [0.15, 0.2) is 0 Å². The topological polar surface area (TPSA) is 57.4 Å². The molecule has 5 nitrogen and oxygen atoms in total. The Morgan fingerprint density at radius 2 is 2.17 bits per heavy atom. The first-order valence-electron chi connectivity index (χ1n) is 8.29. The summed E-state index contributed by atoms with van der Waals surface area (Å²) in [6.07, 6.45) is 0.506. The first kappa shape index (κ1) is 17.1. The standard InChI is InChI=1S/C18H24ClN3O2/c1-18(2,3)24-17(23)22-7-6-20-11-15(22)10-14-9-12-8-13(19)4-5-16(12)21-14/h4-5,8-9,15,20-21H,6-7,10-11H2,1-3H3. The maximum absolute atomic E-state index is 12.5. The molecule has 0 spiro atoms. The van der Waals surface area contributed by atoms with Crippen LogP contribution in [0.25, 0.3) is 10.9 Å². The molecule has 130 valence electrons. The van der Waals surface area contributed by atoms with Crippen LogP contribution in [0, 0.1) is 0 Å². The number of hydrogen-bond acceptors (Lipinski definition) is 3. The van der Waals surface area contributed by atoms with Gasteiger partial charge in [-0.3, -0.25) is 0 Å². The summed E-state index contributed by atoms with van der Waals surface area (Å²) in [7, 11) is 0. The number of benzene rings is 1. The Morgan fingerprint density at radius 3 is 2.92 bits per heavy atom. The Hall–Kier alpha value is -1.72. The Balaban J connectivity index is 1.76. The Morgan fingerprint density at radius 1 is 1.38 bits per heavy atom. The lowest BCUT2D eigenvalue weighted by atomic mass is 10.1. The third kappa shape index (κ3) is 4.02. The van der Waals surface area contributed by atoms with Crippen molar-refractivity contribution in [3.63, 3.8) is 0 Å². The summed E-state index contributed by atoms with van der Waals surface area (Å²) in [6, 6.07) is 7.97. The highest BCUT2D eigenvalue weighted by molar-refractivity contribution is 6.31. The quantitative estimate of drug-likeness (QED) is 0.871. The average Bonchev–Trinajstić information content (AvgIpc) is 2.87. The SMILES string of the molecule is CC(C)(C)OC(=O)N1CCNCC1Cc1cc2cc(Cl)ccc2[nH]1. The van der Waals surface area contributed by atoms with Crippen molar-refractivity contribution in [2.45, 2.75) is 38.8 Å². The number of amides is 1. The van der Waals surface area contributed by atoms with Gasteiger partial charge in [-0.25, -0.2) is 4.79 Å². The second kappa shape index (κ2) is 6.65.